The molecule has 1 heterocycles. The maximum atomic E-state index is 6.18. The van der Waals surface area contributed by atoms with Gasteiger partial charge in [0.2, 0.25) is 0 Å². The first-order chi connectivity index (χ1) is 16.3. The van der Waals surface area contributed by atoms with Gasteiger partial charge >= 0.3 is 0 Å². The summed E-state index contributed by atoms with van der Waals surface area (Å²) >= 11 is 8.06. The van der Waals surface area contributed by atoms with Crippen LogP contribution >= 0.6 is 23.4 Å². The Morgan fingerprint density at radius 3 is 1.73 bits per heavy atom. The molecular formula is C31H19ClS. The molecule has 0 fully saturated rings. The third-order valence-electron chi connectivity index (χ3n) is 7.02. The number of rotatable bonds is 1. The van der Waals surface area contributed by atoms with Crippen molar-refractivity contribution in [2.24, 2.45) is 0 Å². The van der Waals surface area contributed by atoms with Crippen LogP contribution in [0.25, 0.3) is 22.3 Å². The topological polar surface area (TPSA) is 0 Å². The molecule has 5 aromatic carbocycles. The number of halogens is 1. The Labute approximate surface area is 202 Å². The predicted octanol–water partition coefficient (Wildman–Crippen LogP) is 8.83. The van der Waals surface area contributed by atoms with E-state index in [1.807, 2.05) is 23.9 Å². The van der Waals surface area contributed by atoms with Crippen molar-refractivity contribution in [1.29, 1.82) is 0 Å². The van der Waals surface area contributed by atoms with Gasteiger partial charge in [-0.05, 0) is 74.8 Å². The zero-order valence-corrected chi connectivity index (χ0v) is 19.3. The molecule has 1 aliphatic carbocycles. The zero-order valence-electron chi connectivity index (χ0n) is 17.8. The molecule has 7 rings (SSSR count). The van der Waals surface area contributed by atoms with E-state index < -0.39 is 0 Å². The van der Waals surface area contributed by atoms with Crippen LogP contribution in [0.3, 0.4) is 0 Å². The molecular weight excluding hydrogens is 440 g/mol. The lowest BCUT2D eigenvalue weighted by atomic mass is 9.67. The van der Waals surface area contributed by atoms with Crippen LogP contribution in [0.2, 0.25) is 5.02 Å². The first-order valence-corrected chi connectivity index (χ1v) is 12.3. The Morgan fingerprint density at radius 1 is 0.485 bits per heavy atom. The fourth-order valence-electron chi connectivity index (χ4n) is 5.68. The van der Waals surface area contributed by atoms with E-state index in [2.05, 4.69) is 103 Å². The molecule has 156 valence electrons. The van der Waals surface area contributed by atoms with Gasteiger partial charge in [0.1, 0.15) is 0 Å². The smallest absolute Gasteiger partial charge is 0.0735 e. The Balaban J connectivity index is 1.62. The van der Waals surface area contributed by atoms with Gasteiger partial charge in [-0.1, -0.05) is 108 Å². The van der Waals surface area contributed by atoms with E-state index in [9.17, 15) is 0 Å². The van der Waals surface area contributed by atoms with Crippen LogP contribution in [-0.4, -0.2) is 0 Å². The van der Waals surface area contributed by atoms with Gasteiger partial charge in [-0.25, -0.2) is 0 Å². The van der Waals surface area contributed by atoms with Crippen LogP contribution in [0.5, 0.6) is 0 Å². The molecule has 1 spiro atoms. The van der Waals surface area contributed by atoms with Gasteiger partial charge in [0, 0.05) is 14.8 Å². The van der Waals surface area contributed by atoms with Gasteiger partial charge in [0.25, 0.3) is 0 Å². The van der Waals surface area contributed by atoms with Crippen molar-refractivity contribution >= 4 is 23.4 Å². The summed E-state index contributed by atoms with van der Waals surface area (Å²) in [5, 5.41) is 0.760. The summed E-state index contributed by atoms with van der Waals surface area (Å²) in [4.78, 5) is 2.66. The first kappa shape index (κ1) is 19.2. The van der Waals surface area contributed by atoms with Gasteiger partial charge in [0.15, 0.2) is 0 Å². The van der Waals surface area contributed by atoms with Crippen molar-refractivity contribution in [3.63, 3.8) is 0 Å². The third-order valence-corrected chi connectivity index (χ3v) is 8.43. The highest BCUT2D eigenvalue weighted by atomic mass is 35.5. The van der Waals surface area contributed by atoms with Crippen LogP contribution < -0.4 is 0 Å². The van der Waals surface area contributed by atoms with E-state index in [1.54, 1.807) is 0 Å². The molecule has 0 saturated heterocycles. The monoisotopic (exact) mass is 458 g/mol. The number of hydrogen-bond acceptors (Lipinski definition) is 1. The molecule has 2 aliphatic rings. The normalized spacial score (nSPS) is 14.3. The minimum absolute atomic E-state index is 0.327. The summed E-state index contributed by atoms with van der Waals surface area (Å²) in [6, 6.07) is 41.9. The second-order valence-electron chi connectivity index (χ2n) is 8.66. The summed E-state index contributed by atoms with van der Waals surface area (Å²) in [5.41, 5.74) is 10.2. The van der Waals surface area contributed by atoms with Crippen molar-refractivity contribution in [1.82, 2.24) is 0 Å². The summed E-state index contributed by atoms with van der Waals surface area (Å²) in [5.74, 6) is 0. The first-order valence-electron chi connectivity index (χ1n) is 11.1. The lowest BCUT2D eigenvalue weighted by Crippen LogP contribution is -2.31. The molecule has 0 aromatic heterocycles. The molecule has 33 heavy (non-hydrogen) atoms. The van der Waals surface area contributed by atoms with Crippen LogP contribution in [0.15, 0.2) is 125 Å². The van der Waals surface area contributed by atoms with Crippen molar-refractivity contribution < 1.29 is 0 Å². The molecule has 5 aromatic rings. The average molecular weight is 459 g/mol. The molecule has 0 unspecified atom stereocenters. The van der Waals surface area contributed by atoms with E-state index >= 15 is 0 Å². The number of benzene rings is 5. The SMILES string of the molecule is Clc1ccc(-c2ccc3c(c2)C2(c4ccccc4Sc4ccccc42)c2ccccc2-3)cc1. The molecule has 0 nitrogen and oxygen atoms in total. The summed E-state index contributed by atoms with van der Waals surface area (Å²) in [7, 11) is 0. The zero-order chi connectivity index (χ0) is 22.0. The maximum absolute atomic E-state index is 6.18. The predicted molar refractivity (Wildman–Crippen MR) is 138 cm³/mol. The van der Waals surface area contributed by atoms with Crippen LogP contribution in [0.4, 0.5) is 0 Å². The molecule has 1 aliphatic heterocycles. The van der Waals surface area contributed by atoms with E-state index in [0.717, 1.165) is 5.02 Å². The standard InChI is InChI=1S/C31H19ClS/c32-22-16-13-20(14-17-22)21-15-18-24-23-7-1-2-8-25(23)31(28(24)19-21)26-9-3-5-11-29(26)33-30-12-6-4-10-27(30)31/h1-19H. The lowest BCUT2D eigenvalue weighted by Gasteiger charge is -2.39. The van der Waals surface area contributed by atoms with E-state index in [1.165, 1.54) is 54.3 Å². The Bertz CT molecular complexity index is 1500. The molecule has 0 bridgehead atoms. The summed E-state index contributed by atoms with van der Waals surface area (Å²) < 4.78 is 0. The quantitative estimate of drug-likeness (QED) is 0.237. The fourth-order valence-corrected chi connectivity index (χ4v) is 6.99. The van der Waals surface area contributed by atoms with E-state index in [4.69, 9.17) is 11.6 Å². The Morgan fingerprint density at radius 2 is 1.03 bits per heavy atom. The highest BCUT2D eigenvalue weighted by molar-refractivity contribution is 7.99. The molecule has 0 amide bonds. The van der Waals surface area contributed by atoms with Crippen molar-refractivity contribution in [3.8, 4) is 22.3 Å². The van der Waals surface area contributed by atoms with Gasteiger partial charge in [-0.2, -0.15) is 0 Å². The van der Waals surface area contributed by atoms with Crippen molar-refractivity contribution in [2.45, 2.75) is 15.2 Å². The largest absolute Gasteiger partial charge is 0.0894 e. The minimum atomic E-state index is -0.327. The van der Waals surface area contributed by atoms with Crippen molar-refractivity contribution in [3.05, 3.63) is 143 Å². The molecule has 0 saturated carbocycles. The van der Waals surface area contributed by atoms with Crippen LogP contribution in [-0.2, 0) is 5.41 Å². The number of hydrogen-bond donors (Lipinski definition) is 0. The molecule has 2 heteroatoms. The van der Waals surface area contributed by atoms with Crippen LogP contribution in [0.1, 0.15) is 22.3 Å². The molecule has 0 N–H and O–H groups in total. The molecule has 0 atom stereocenters. The summed E-state index contributed by atoms with van der Waals surface area (Å²) in [6.45, 7) is 0. The highest BCUT2D eigenvalue weighted by Crippen LogP contribution is 2.62. The van der Waals surface area contributed by atoms with Gasteiger partial charge in [-0.3, -0.25) is 0 Å². The Kier molecular flexibility index (Phi) is 4.15. The fraction of sp³-hybridized carbons (Fsp3) is 0.0323. The maximum Gasteiger partial charge on any atom is 0.0735 e. The highest BCUT2D eigenvalue weighted by Gasteiger charge is 2.50. The Hall–Kier alpha value is -3.26. The van der Waals surface area contributed by atoms with Crippen molar-refractivity contribution in [2.75, 3.05) is 0 Å². The lowest BCUT2D eigenvalue weighted by molar-refractivity contribution is 0.722. The third kappa shape index (κ3) is 2.61. The van der Waals surface area contributed by atoms with Gasteiger partial charge in [0.05, 0.1) is 5.41 Å². The second kappa shape index (κ2) is 7.12. The number of fused-ring (bicyclic) bond motifs is 9. The van der Waals surface area contributed by atoms with Crippen LogP contribution in [0, 0.1) is 0 Å². The summed E-state index contributed by atoms with van der Waals surface area (Å²) in [6.07, 6.45) is 0. The second-order valence-corrected chi connectivity index (χ2v) is 10.2. The average Bonchev–Trinajstić information content (AvgIpc) is 3.15. The van der Waals surface area contributed by atoms with Gasteiger partial charge in [-0.15, -0.1) is 0 Å². The van der Waals surface area contributed by atoms with E-state index in [-0.39, 0.29) is 5.41 Å². The van der Waals surface area contributed by atoms with E-state index in [0.29, 0.717) is 0 Å². The molecule has 0 radical (unpaired) electrons. The minimum Gasteiger partial charge on any atom is -0.0894 e. The van der Waals surface area contributed by atoms with Gasteiger partial charge < -0.3 is 0 Å².